The van der Waals surface area contributed by atoms with Crippen molar-refractivity contribution < 1.29 is 14.0 Å². The Morgan fingerprint density at radius 3 is 2.18 bits per heavy atom. The van der Waals surface area contributed by atoms with E-state index in [2.05, 4.69) is 10.2 Å². The normalized spacial score (nSPS) is 16.2. The lowest BCUT2D eigenvalue weighted by atomic mass is 10.0. The van der Waals surface area contributed by atoms with Crippen molar-refractivity contribution in [2.24, 2.45) is 0 Å². The van der Waals surface area contributed by atoms with Gasteiger partial charge < -0.3 is 10.2 Å². The first-order chi connectivity index (χ1) is 16.0. The first-order valence-corrected chi connectivity index (χ1v) is 11.1. The summed E-state index contributed by atoms with van der Waals surface area (Å²) in [6.07, 6.45) is 2.39. The summed E-state index contributed by atoms with van der Waals surface area (Å²) in [7, 11) is 0. The maximum atomic E-state index is 13.9. The van der Waals surface area contributed by atoms with Crippen molar-refractivity contribution in [2.45, 2.75) is 19.8 Å². The van der Waals surface area contributed by atoms with Crippen molar-refractivity contribution in [3.63, 3.8) is 0 Å². The lowest BCUT2D eigenvalue weighted by Crippen LogP contribution is -2.32. The van der Waals surface area contributed by atoms with Crippen LogP contribution in [0.3, 0.4) is 0 Å². The van der Waals surface area contributed by atoms with Crippen molar-refractivity contribution >= 4 is 34.4 Å². The second kappa shape index (κ2) is 8.54. The van der Waals surface area contributed by atoms with Crippen LogP contribution in [0.2, 0.25) is 0 Å². The number of rotatable bonds is 5. The molecule has 5 rings (SSSR count). The van der Waals surface area contributed by atoms with Gasteiger partial charge >= 0.3 is 0 Å². The molecule has 0 bridgehead atoms. The van der Waals surface area contributed by atoms with Gasteiger partial charge in [0, 0.05) is 24.5 Å². The van der Waals surface area contributed by atoms with Gasteiger partial charge in [0.2, 0.25) is 0 Å². The lowest BCUT2D eigenvalue weighted by Gasteiger charge is -2.18. The quantitative estimate of drug-likeness (QED) is 0.558. The summed E-state index contributed by atoms with van der Waals surface area (Å²) in [6, 6.07) is 20.8. The maximum Gasteiger partial charge on any atom is 0.282 e. The maximum absolute atomic E-state index is 13.9. The molecule has 3 aromatic rings. The number of hydrogen-bond donors (Lipinski definition) is 1. The molecule has 2 heterocycles. The summed E-state index contributed by atoms with van der Waals surface area (Å²) in [5.41, 5.74) is 4.19. The number of hydrogen-bond acceptors (Lipinski definition) is 4. The standard InChI is InChI=1S/C27H24FN3O2/c1-18-7-9-19(10-8-18)24-25(27(33)31(26(24)32)23-6-4-5-20(28)17-23)29-21-11-13-22(14-12-21)30-15-2-3-16-30/h4-14,17,29H,2-3,15-16H2,1H3. The van der Waals surface area contributed by atoms with Gasteiger partial charge in [-0.2, -0.15) is 0 Å². The van der Waals surface area contributed by atoms with Gasteiger partial charge in [-0.05, 0) is 67.8 Å². The van der Waals surface area contributed by atoms with Gasteiger partial charge in [0.1, 0.15) is 11.5 Å². The van der Waals surface area contributed by atoms with Crippen LogP contribution >= 0.6 is 0 Å². The fourth-order valence-corrected chi connectivity index (χ4v) is 4.36. The molecule has 2 aliphatic rings. The number of halogens is 1. The van der Waals surface area contributed by atoms with Crippen LogP contribution in [-0.4, -0.2) is 24.9 Å². The Morgan fingerprint density at radius 2 is 1.52 bits per heavy atom. The molecule has 1 fully saturated rings. The molecule has 0 unspecified atom stereocenters. The van der Waals surface area contributed by atoms with Gasteiger partial charge in [-0.15, -0.1) is 0 Å². The zero-order valence-electron chi connectivity index (χ0n) is 18.3. The number of carbonyl (C=O) groups excluding carboxylic acids is 2. The van der Waals surface area contributed by atoms with Crippen molar-refractivity contribution in [3.05, 3.63) is 95.4 Å². The fraction of sp³-hybridized carbons (Fsp3) is 0.185. The molecule has 0 aliphatic carbocycles. The van der Waals surface area contributed by atoms with Crippen LogP contribution in [0.25, 0.3) is 5.57 Å². The van der Waals surface area contributed by atoms with E-state index in [-0.39, 0.29) is 17.0 Å². The highest BCUT2D eigenvalue weighted by molar-refractivity contribution is 6.46. The third-order valence-corrected chi connectivity index (χ3v) is 6.10. The minimum Gasteiger partial charge on any atom is -0.372 e. The zero-order valence-corrected chi connectivity index (χ0v) is 18.3. The number of benzene rings is 3. The topological polar surface area (TPSA) is 52.7 Å². The third kappa shape index (κ3) is 4.00. The Kier molecular flexibility index (Phi) is 5.42. The van der Waals surface area contributed by atoms with E-state index >= 15 is 0 Å². The van der Waals surface area contributed by atoms with Crippen molar-refractivity contribution in [3.8, 4) is 0 Å². The molecule has 0 radical (unpaired) electrons. The van der Waals surface area contributed by atoms with Gasteiger partial charge in [0.15, 0.2) is 0 Å². The zero-order chi connectivity index (χ0) is 22.9. The highest BCUT2D eigenvalue weighted by Crippen LogP contribution is 2.34. The minimum absolute atomic E-state index is 0.182. The second-order valence-electron chi connectivity index (χ2n) is 8.41. The molecule has 6 heteroatoms. The molecule has 3 aromatic carbocycles. The predicted molar refractivity (Wildman–Crippen MR) is 129 cm³/mol. The van der Waals surface area contributed by atoms with E-state index in [4.69, 9.17) is 0 Å². The highest BCUT2D eigenvalue weighted by atomic mass is 19.1. The number of carbonyl (C=O) groups is 2. The molecule has 0 saturated carbocycles. The van der Waals surface area contributed by atoms with Gasteiger partial charge in [-0.25, -0.2) is 9.29 Å². The van der Waals surface area contributed by atoms with Crippen LogP contribution in [0.15, 0.2) is 78.5 Å². The molecule has 33 heavy (non-hydrogen) atoms. The van der Waals surface area contributed by atoms with Crippen molar-refractivity contribution in [1.82, 2.24) is 0 Å². The van der Waals surface area contributed by atoms with E-state index in [1.54, 1.807) is 6.07 Å². The van der Waals surface area contributed by atoms with Crippen LogP contribution in [-0.2, 0) is 9.59 Å². The van der Waals surface area contributed by atoms with Gasteiger partial charge in [-0.1, -0.05) is 35.9 Å². The number of anilines is 3. The molecular formula is C27H24FN3O2. The SMILES string of the molecule is Cc1ccc(C2=C(Nc3ccc(N4CCCC4)cc3)C(=O)N(c3cccc(F)c3)C2=O)cc1. The van der Waals surface area contributed by atoms with Gasteiger partial charge in [0.05, 0.1) is 11.3 Å². The molecule has 166 valence electrons. The summed E-state index contributed by atoms with van der Waals surface area (Å²) in [4.78, 5) is 30.2. The summed E-state index contributed by atoms with van der Waals surface area (Å²) in [5.74, 6) is -1.50. The second-order valence-corrected chi connectivity index (χ2v) is 8.41. The Bertz CT molecular complexity index is 1240. The summed E-state index contributed by atoms with van der Waals surface area (Å²) in [6.45, 7) is 4.05. The number of aryl methyl sites for hydroxylation is 1. The van der Waals surface area contributed by atoms with E-state index in [9.17, 15) is 14.0 Å². The number of imide groups is 1. The van der Waals surface area contributed by atoms with Crippen molar-refractivity contribution in [2.75, 3.05) is 28.2 Å². The monoisotopic (exact) mass is 441 g/mol. The van der Waals surface area contributed by atoms with E-state index < -0.39 is 17.6 Å². The van der Waals surface area contributed by atoms with Crippen LogP contribution in [0.4, 0.5) is 21.5 Å². The summed E-state index contributed by atoms with van der Waals surface area (Å²) in [5, 5.41) is 3.17. The van der Waals surface area contributed by atoms with E-state index in [0.29, 0.717) is 11.3 Å². The first kappa shape index (κ1) is 20.9. The Balaban J connectivity index is 1.52. The Morgan fingerprint density at radius 1 is 0.818 bits per heavy atom. The van der Waals surface area contributed by atoms with Gasteiger partial charge in [0.25, 0.3) is 11.8 Å². The highest BCUT2D eigenvalue weighted by Gasteiger charge is 2.40. The Hall–Kier alpha value is -3.93. The molecule has 1 saturated heterocycles. The van der Waals surface area contributed by atoms with Crippen LogP contribution < -0.4 is 15.1 Å². The average molecular weight is 442 g/mol. The number of nitrogens with one attached hydrogen (secondary N) is 1. The van der Waals surface area contributed by atoms with Crippen molar-refractivity contribution in [1.29, 1.82) is 0 Å². The molecule has 2 amide bonds. The smallest absolute Gasteiger partial charge is 0.282 e. The lowest BCUT2D eigenvalue weighted by molar-refractivity contribution is -0.120. The largest absolute Gasteiger partial charge is 0.372 e. The molecule has 0 aromatic heterocycles. The molecule has 0 spiro atoms. The summed E-state index contributed by atoms with van der Waals surface area (Å²) < 4.78 is 13.9. The van der Waals surface area contributed by atoms with Crippen LogP contribution in [0, 0.1) is 12.7 Å². The molecule has 1 N–H and O–H groups in total. The summed E-state index contributed by atoms with van der Waals surface area (Å²) >= 11 is 0. The predicted octanol–water partition coefficient (Wildman–Crippen LogP) is 5.13. The number of nitrogens with zero attached hydrogens (tertiary/aromatic N) is 2. The fourth-order valence-electron chi connectivity index (χ4n) is 4.36. The Labute approximate surface area is 192 Å². The van der Waals surface area contributed by atoms with Crippen LogP contribution in [0.5, 0.6) is 0 Å². The minimum atomic E-state index is -0.510. The molecular weight excluding hydrogens is 417 g/mol. The van der Waals surface area contributed by atoms with E-state index in [1.807, 2.05) is 55.5 Å². The van der Waals surface area contributed by atoms with E-state index in [0.717, 1.165) is 29.2 Å². The average Bonchev–Trinajstić information content (AvgIpc) is 3.43. The van der Waals surface area contributed by atoms with Crippen LogP contribution in [0.1, 0.15) is 24.0 Å². The first-order valence-electron chi connectivity index (χ1n) is 11.1. The van der Waals surface area contributed by atoms with E-state index in [1.165, 1.54) is 31.0 Å². The third-order valence-electron chi connectivity index (χ3n) is 6.10. The molecule has 5 nitrogen and oxygen atoms in total. The molecule has 2 aliphatic heterocycles. The van der Waals surface area contributed by atoms with Gasteiger partial charge in [-0.3, -0.25) is 9.59 Å². The molecule has 0 atom stereocenters. The number of amides is 2.